The molecule has 170 valence electrons. The molecule has 0 radical (unpaired) electrons. The Hall–Kier alpha value is -1.91. The lowest BCUT2D eigenvalue weighted by molar-refractivity contribution is -0.139. The van der Waals surface area contributed by atoms with E-state index in [-0.39, 0.29) is 40.4 Å². The van der Waals surface area contributed by atoms with Crippen molar-refractivity contribution in [2.45, 2.75) is 91.2 Å². The Labute approximate surface area is 186 Å². The third kappa shape index (κ3) is 3.22. The molecule has 0 saturated heterocycles. The first-order chi connectivity index (χ1) is 14.6. The first-order valence-corrected chi connectivity index (χ1v) is 12.1. The number of ketones is 2. The van der Waals surface area contributed by atoms with Crippen molar-refractivity contribution in [1.82, 2.24) is 5.32 Å². The molecule has 5 heteroatoms. The number of hydrogen-bond acceptors (Lipinski definition) is 4. The molecule has 1 amide bonds. The summed E-state index contributed by atoms with van der Waals surface area (Å²) < 4.78 is 6.24. The summed E-state index contributed by atoms with van der Waals surface area (Å²) in [4.78, 5) is 37.8. The molecule has 3 saturated carbocycles. The minimum Gasteiger partial charge on any atom is -0.442 e. The lowest BCUT2D eigenvalue weighted by Gasteiger charge is -2.58. The Balaban J connectivity index is 1.63. The Kier molecular flexibility index (Phi) is 5.46. The number of rotatable bonds is 4. The largest absolute Gasteiger partial charge is 0.442 e. The van der Waals surface area contributed by atoms with E-state index >= 15 is 0 Å². The van der Waals surface area contributed by atoms with Gasteiger partial charge in [-0.05, 0) is 75.4 Å². The van der Waals surface area contributed by atoms with Gasteiger partial charge in [0.05, 0.1) is 0 Å². The van der Waals surface area contributed by atoms with E-state index in [1.807, 2.05) is 19.9 Å². The van der Waals surface area contributed by atoms with Crippen molar-refractivity contribution in [1.29, 1.82) is 0 Å². The van der Waals surface area contributed by atoms with Gasteiger partial charge in [0.1, 0.15) is 5.60 Å². The number of ether oxygens (including phenoxy) is 1. The summed E-state index contributed by atoms with van der Waals surface area (Å²) in [5.41, 5.74) is -0.282. The molecule has 0 aliphatic heterocycles. The first-order valence-electron chi connectivity index (χ1n) is 12.1. The van der Waals surface area contributed by atoms with Crippen molar-refractivity contribution in [3.8, 4) is 0 Å². The molecule has 4 unspecified atom stereocenters. The summed E-state index contributed by atoms with van der Waals surface area (Å²) in [7, 11) is 0. The lowest BCUT2D eigenvalue weighted by Crippen LogP contribution is -2.57. The predicted octanol–water partition coefficient (Wildman–Crippen LogP) is 5.15. The second-order valence-corrected chi connectivity index (χ2v) is 10.8. The lowest BCUT2D eigenvalue weighted by atomic mass is 9.47. The summed E-state index contributed by atoms with van der Waals surface area (Å²) in [6.07, 6.45) is 10.8. The molecule has 0 spiro atoms. The zero-order valence-electron chi connectivity index (χ0n) is 19.6. The number of fused-ring (bicyclic) bond motifs is 5. The maximum Gasteiger partial charge on any atom is 0.407 e. The monoisotopic (exact) mass is 427 g/mol. The van der Waals surface area contributed by atoms with Crippen LogP contribution < -0.4 is 5.32 Å². The molecule has 7 atom stereocenters. The van der Waals surface area contributed by atoms with Crippen molar-refractivity contribution < 1.29 is 19.1 Å². The van der Waals surface area contributed by atoms with Gasteiger partial charge in [-0.15, -0.1) is 0 Å². The molecule has 1 N–H and O–H groups in total. The molecule has 4 aliphatic rings. The number of Topliss-reactive ketones (excluding diaryl/α,β-unsaturated/α-hetero) is 1. The van der Waals surface area contributed by atoms with Gasteiger partial charge >= 0.3 is 6.09 Å². The topological polar surface area (TPSA) is 72.5 Å². The van der Waals surface area contributed by atoms with E-state index in [0.717, 1.165) is 38.5 Å². The summed E-state index contributed by atoms with van der Waals surface area (Å²) in [5, 5.41) is 2.98. The van der Waals surface area contributed by atoms with Gasteiger partial charge in [-0.1, -0.05) is 33.8 Å². The van der Waals surface area contributed by atoms with Crippen LogP contribution in [0.25, 0.3) is 0 Å². The molecule has 0 aromatic heterocycles. The van der Waals surface area contributed by atoms with Crippen LogP contribution in [0.2, 0.25) is 0 Å². The smallest absolute Gasteiger partial charge is 0.407 e. The van der Waals surface area contributed by atoms with E-state index in [2.05, 4.69) is 26.1 Å². The molecule has 0 heterocycles. The minimum atomic E-state index is -0.487. The van der Waals surface area contributed by atoms with Crippen LogP contribution in [0.4, 0.5) is 4.79 Å². The van der Waals surface area contributed by atoms with E-state index in [1.54, 1.807) is 12.2 Å². The average Bonchev–Trinajstić information content (AvgIpc) is 3.02. The van der Waals surface area contributed by atoms with E-state index < -0.39 is 5.60 Å². The standard InChI is InChI=1S/C26H37NO4/c1-6-16(3)27-23(30)31-26(7-2)13-10-20-18-15-22(29)21-14-17(28)8-11-24(21,4)19(18)9-12-25(20,26)5/h8,11,14,16,18-20H,6-7,9-10,12-13,15H2,1-5H3,(H,27,30)/t16?,18?,19?,20?,24-,25+,26+/m1/s1. The van der Waals surface area contributed by atoms with Gasteiger partial charge in [0.2, 0.25) is 0 Å². The molecule has 31 heavy (non-hydrogen) atoms. The SMILES string of the molecule is CCC(C)NC(=O)O[C@@]1(CC)CCC2C3CC(=O)C4=CC(=O)C=C[C@]4(C)C3CC[C@@]21C. The van der Waals surface area contributed by atoms with Crippen LogP contribution in [0.15, 0.2) is 23.8 Å². The van der Waals surface area contributed by atoms with E-state index in [1.165, 1.54) is 0 Å². The fourth-order valence-electron chi connectivity index (χ4n) is 7.46. The van der Waals surface area contributed by atoms with Crippen LogP contribution in [-0.4, -0.2) is 29.3 Å². The molecular formula is C26H37NO4. The van der Waals surface area contributed by atoms with Crippen molar-refractivity contribution in [3.63, 3.8) is 0 Å². The highest BCUT2D eigenvalue weighted by Crippen LogP contribution is 2.67. The molecule has 3 fully saturated rings. The number of alkyl carbamates (subject to hydrolysis) is 1. The van der Waals surface area contributed by atoms with Crippen LogP contribution in [0.5, 0.6) is 0 Å². The first kappa shape index (κ1) is 22.3. The van der Waals surface area contributed by atoms with Crippen LogP contribution >= 0.6 is 0 Å². The van der Waals surface area contributed by atoms with Crippen molar-refractivity contribution in [3.05, 3.63) is 23.8 Å². The van der Waals surface area contributed by atoms with Crippen LogP contribution in [-0.2, 0) is 14.3 Å². The number of allylic oxidation sites excluding steroid dienone is 4. The number of amides is 1. The maximum atomic E-state index is 13.1. The van der Waals surface area contributed by atoms with E-state index in [4.69, 9.17) is 4.74 Å². The molecule has 0 aromatic rings. The molecule has 0 bridgehead atoms. The average molecular weight is 428 g/mol. The van der Waals surface area contributed by atoms with Gasteiger partial charge in [0.15, 0.2) is 11.6 Å². The third-order valence-corrected chi connectivity index (χ3v) is 9.52. The number of carbonyl (C=O) groups excluding carboxylic acids is 3. The summed E-state index contributed by atoms with van der Waals surface area (Å²) in [6, 6.07) is 0.0871. The Morgan fingerprint density at radius 3 is 2.58 bits per heavy atom. The molecular weight excluding hydrogens is 390 g/mol. The second-order valence-electron chi connectivity index (χ2n) is 10.8. The predicted molar refractivity (Wildman–Crippen MR) is 119 cm³/mol. The number of carbonyl (C=O) groups is 3. The van der Waals surface area contributed by atoms with Crippen molar-refractivity contribution in [2.75, 3.05) is 0 Å². The van der Waals surface area contributed by atoms with E-state index in [9.17, 15) is 14.4 Å². The third-order valence-electron chi connectivity index (χ3n) is 9.52. The highest BCUT2D eigenvalue weighted by molar-refractivity contribution is 6.10. The minimum absolute atomic E-state index is 0.0773. The summed E-state index contributed by atoms with van der Waals surface area (Å²) >= 11 is 0. The number of nitrogens with one attached hydrogen (secondary N) is 1. The molecule has 4 aliphatic carbocycles. The fourth-order valence-corrected chi connectivity index (χ4v) is 7.46. The second kappa shape index (κ2) is 7.60. The fraction of sp³-hybridized carbons (Fsp3) is 0.731. The van der Waals surface area contributed by atoms with Gasteiger partial charge in [-0.25, -0.2) is 4.79 Å². The van der Waals surface area contributed by atoms with E-state index in [0.29, 0.717) is 23.8 Å². The zero-order valence-corrected chi connectivity index (χ0v) is 19.6. The van der Waals surface area contributed by atoms with Gasteiger partial charge in [-0.2, -0.15) is 0 Å². The highest BCUT2D eigenvalue weighted by Gasteiger charge is 2.66. The quantitative estimate of drug-likeness (QED) is 0.674. The van der Waals surface area contributed by atoms with Crippen LogP contribution in [0.3, 0.4) is 0 Å². The van der Waals surface area contributed by atoms with Gasteiger partial charge in [0, 0.05) is 28.9 Å². The highest BCUT2D eigenvalue weighted by atomic mass is 16.6. The van der Waals surface area contributed by atoms with Gasteiger partial charge in [0.25, 0.3) is 0 Å². The molecule has 0 aromatic carbocycles. The maximum absolute atomic E-state index is 13.1. The summed E-state index contributed by atoms with van der Waals surface area (Å²) in [6.45, 7) is 10.6. The Morgan fingerprint density at radius 2 is 1.90 bits per heavy atom. The zero-order chi connectivity index (χ0) is 22.6. The molecule has 5 nitrogen and oxygen atoms in total. The Bertz CT molecular complexity index is 859. The van der Waals surface area contributed by atoms with Crippen LogP contribution in [0, 0.1) is 28.6 Å². The van der Waals surface area contributed by atoms with Gasteiger partial charge in [-0.3, -0.25) is 9.59 Å². The normalized spacial score (nSPS) is 42.2. The summed E-state index contributed by atoms with van der Waals surface area (Å²) in [5.74, 6) is 0.999. The number of hydrogen-bond donors (Lipinski definition) is 1. The van der Waals surface area contributed by atoms with Gasteiger partial charge < -0.3 is 10.1 Å². The Morgan fingerprint density at radius 1 is 1.19 bits per heavy atom. The van der Waals surface area contributed by atoms with Crippen molar-refractivity contribution >= 4 is 17.7 Å². The van der Waals surface area contributed by atoms with Crippen LogP contribution in [0.1, 0.15) is 79.6 Å². The molecule has 4 rings (SSSR count). The van der Waals surface area contributed by atoms with Crippen molar-refractivity contribution in [2.24, 2.45) is 28.6 Å².